The number of aldehydes is 1. The third kappa shape index (κ3) is 2.02. The van der Waals surface area contributed by atoms with E-state index in [2.05, 4.69) is 5.10 Å². The summed E-state index contributed by atoms with van der Waals surface area (Å²) in [6, 6.07) is 0.490. The van der Waals surface area contributed by atoms with Gasteiger partial charge >= 0.3 is 0 Å². The summed E-state index contributed by atoms with van der Waals surface area (Å²) in [5, 5.41) is 4.61. The highest BCUT2D eigenvalue weighted by molar-refractivity contribution is 5.76. The van der Waals surface area contributed by atoms with Crippen LogP contribution in [0.25, 0.3) is 0 Å². The van der Waals surface area contributed by atoms with Gasteiger partial charge in [0, 0.05) is 12.8 Å². The zero-order chi connectivity index (χ0) is 11.7. The van der Waals surface area contributed by atoms with Crippen LogP contribution < -0.4 is 0 Å². The molecule has 0 amide bonds. The molecule has 4 nitrogen and oxygen atoms in total. The lowest BCUT2D eigenvalue weighted by molar-refractivity contribution is 0.103. The Bertz CT molecular complexity index is 402. The normalized spacial score (nSPS) is 25.5. The van der Waals surface area contributed by atoms with Crippen molar-refractivity contribution >= 4 is 6.29 Å². The summed E-state index contributed by atoms with van der Waals surface area (Å²) < 4.78 is 7.62. The van der Waals surface area contributed by atoms with E-state index in [9.17, 15) is 4.79 Å². The third-order valence-electron chi connectivity index (χ3n) is 3.85. The van der Waals surface area contributed by atoms with Gasteiger partial charge in [0.25, 0.3) is 0 Å². The van der Waals surface area contributed by atoms with Crippen LogP contribution in [-0.4, -0.2) is 22.7 Å². The number of rotatable bonds is 3. The molecule has 92 valence electrons. The molecule has 3 rings (SSSR count). The van der Waals surface area contributed by atoms with Gasteiger partial charge in [-0.3, -0.25) is 9.48 Å². The van der Waals surface area contributed by atoms with Gasteiger partial charge in [-0.2, -0.15) is 5.10 Å². The van der Waals surface area contributed by atoms with Crippen LogP contribution in [-0.2, 0) is 4.74 Å². The minimum absolute atomic E-state index is 0.0397. The van der Waals surface area contributed by atoms with Gasteiger partial charge < -0.3 is 4.74 Å². The Morgan fingerprint density at radius 3 is 2.76 bits per heavy atom. The van der Waals surface area contributed by atoms with Gasteiger partial charge in [-0.25, -0.2) is 0 Å². The summed E-state index contributed by atoms with van der Waals surface area (Å²) >= 11 is 0. The molecule has 1 saturated carbocycles. The molecule has 0 bridgehead atoms. The molecule has 1 aliphatic carbocycles. The summed E-state index contributed by atoms with van der Waals surface area (Å²) in [7, 11) is 0. The number of hydrogen-bond donors (Lipinski definition) is 0. The van der Waals surface area contributed by atoms with Crippen LogP contribution >= 0.6 is 0 Å². The maximum absolute atomic E-state index is 11.1. The largest absolute Gasteiger partial charge is 0.372 e. The van der Waals surface area contributed by atoms with E-state index in [1.54, 1.807) is 0 Å². The first-order chi connectivity index (χ1) is 8.38. The zero-order valence-electron chi connectivity index (χ0n) is 9.97. The second kappa shape index (κ2) is 4.61. The molecule has 0 spiro atoms. The molecule has 2 heterocycles. The molecule has 4 heteroatoms. The molecule has 1 aliphatic heterocycles. The van der Waals surface area contributed by atoms with E-state index < -0.39 is 0 Å². The van der Waals surface area contributed by atoms with Crippen LogP contribution in [0.2, 0.25) is 0 Å². The second-order valence-corrected chi connectivity index (χ2v) is 5.01. The van der Waals surface area contributed by atoms with Crippen LogP contribution in [0.5, 0.6) is 0 Å². The molecular weight excluding hydrogens is 216 g/mol. The van der Waals surface area contributed by atoms with E-state index in [0.29, 0.717) is 11.6 Å². The molecule has 17 heavy (non-hydrogen) atoms. The van der Waals surface area contributed by atoms with Gasteiger partial charge in [0.2, 0.25) is 0 Å². The van der Waals surface area contributed by atoms with Crippen molar-refractivity contribution in [2.75, 3.05) is 6.61 Å². The lowest BCUT2D eigenvalue weighted by Crippen LogP contribution is -2.07. The average Bonchev–Trinajstić information content (AvgIpc) is 3.09. The Morgan fingerprint density at radius 1 is 1.29 bits per heavy atom. The Balaban J connectivity index is 1.88. The van der Waals surface area contributed by atoms with E-state index in [1.807, 2.05) is 10.9 Å². The smallest absolute Gasteiger partial charge is 0.153 e. The monoisotopic (exact) mass is 234 g/mol. The Morgan fingerprint density at radius 2 is 2.12 bits per heavy atom. The molecule has 1 saturated heterocycles. The standard InChI is InChI=1S/C13H18N2O2/c16-9-10-8-15(11-4-1-2-5-11)14-13(10)12-6-3-7-17-12/h8-9,11-12H,1-7H2. The van der Waals surface area contributed by atoms with Crippen molar-refractivity contribution in [3.05, 3.63) is 17.5 Å². The minimum Gasteiger partial charge on any atom is -0.372 e. The van der Waals surface area contributed by atoms with Gasteiger partial charge in [0.1, 0.15) is 11.8 Å². The highest BCUT2D eigenvalue weighted by Gasteiger charge is 2.26. The van der Waals surface area contributed by atoms with E-state index in [1.165, 1.54) is 25.7 Å². The van der Waals surface area contributed by atoms with E-state index in [4.69, 9.17) is 4.74 Å². The van der Waals surface area contributed by atoms with Crippen molar-refractivity contribution in [2.45, 2.75) is 50.7 Å². The predicted octanol–water partition coefficient (Wildman–Crippen LogP) is 2.66. The maximum atomic E-state index is 11.1. The fourth-order valence-corrected chi connectivity index (χ4v) is 2.91. The molecule has 1 atom stereocenters. The van der Waals surface area contributed by atoms with E-state index >= 15 is 0 Å². The summed E-state index contributed by atoms with van der Waals surface area (Å²) in [5.74, 6) is 0. The first-order valence-corrected chi connectivity index (χ1v) is 6.54. The highest BCUT2D eigenvalue weighted by Crippen LogP contribution is 2.33. The van der Waals surface area contributed by atoms with E-state index in [0.717, 1.165) is 31.4 Å². The van der Waals surface area contributed by atoms with Crippen LogP contribution in [0.3, 0.4) is 0 Å². The van der Waals surface area contributed by atoms with Gasteiger partial charge in [0.15, 0.2) is 6.29 Å². The lowest BCUT2D eigenvalue weighted by atomic mass is 10.1. The molecule has 1 aromatic rings. The Kier molecular flexibility index (Phi) is 2.97. The Labute approximate surface area is 101 Å². The summed E-state index contributed by atoms with van der Waals surface area (Å²) in [5.41, 5.74) is 1.56. The number of carbonyl (C=O) groups is 1. The molecular formula is C13H18N2O2. The maximum Gasteiger partial charge on any atom is 0.153 e. The first-order valence-electron chi connectivity index (χ1n) is 6.54. The summed E-state index contributed by atoms with van der Waals surface area (Å²) in [6.07, 6.45) is 9.83. The van der Waals surface area contributed by atoms with Crippen LogP contribution in [0.1, 0.15) is 66.7 Å². The molecule has 1 unspecified atom stereocenters. The van der Waals surface area contributed by atoms with Crippen molar-refractivity contribution < 1.29 is 9.53 Å². The second-order valence-electron chi connectivity index (χ2n) is 5.01. The SMILES string of the molecule is O=Cc1cn(C2CCCC2)nc1C1CCCO1. The van der Waals surface area contributed by atoms with Crippen LogP contribution in [0.15, 0.2) is 6.20 Å². The van der Waals surface area contributed by atoms with Crippen molar-refractivity contribution in [3.8, 4) is 0 Å². The number of nitrogens with zero attached hydrogens (tertiary/aromatic N) is 2. The average molecular weight is 234 g/mol. The van der Waals surface area contributed by atoms with Gasteiger partial charge in [-0.1, -0.05) is 12.8 Å². The van der Waals surface area contributed by atoms with Crippen molar-refractivity contribution in [1.29, 1.82) is 0 Å². The molecule has 2 fully saturated rings. The van der Waals surface area contributed by atoms with Gasteiger partial charge in [0.05, 0.1) is 11.6 Å². The number of aromatic nitrogens is 2. The van der Waals surface area contributed by atoms with Crippen LogP contribution in [0.4, 0.5) is 0 Å². The molecule has 0 N–H and O–H groups in total. The Hall–Kier alpha value is -1.16. The quantitative estimate of drug-likeness (QED) is 0.755. The highest BCUT2D eigenvalue weighted by atomic mass is 16.5. The van der Waals surface area contributed by atoms with Gasteiger partial charge in [-0.15, -0.1) is 0 Å². The third-order valence-corrected chi connectivity index (χ3v) is 3.85. The minimum atomic E-state index is 0.0397. The number of ether oxygens (including phenoxy) is 1. The molecule has 1 aromatic heterocycles. The summed E-state index contributed by atoms with van der Waals surface area (Å²) in [4.78, 5) is 11.1. The zero-order valence-corrected chi connectivity index (χ0v) is 9.97. The number of hydrogen-bond acceptors (Lipinski definition) is 3. The fourth-order valence-electron chi connectivity index (χ4n) is 2.91. The van der Waals surface area contributed by atoms with Crippen molar-refractivity contribution in [3.63, 3.8) is 0 Å². The molecule has 0 radical (unpaired) electrons. The van der Waals surface area contributed by atoms with Crippen molar-refractivity contribution in [2.24, 2.45) is 0 Å². The number of carbonyl (C=O) groups excluding carboxylic acids is 1. The van der Waals surface area contributed by atoms with Crippen LogP contribution in [0, 0.1) is 0 Å². The topological polar surface area (TPSA) is 44.1 Å². The molecule has 2 aliphatic rings. The lowest BCUT2D eigenvalue weighted by Gasteiger charge is -2.10. The molecule has 0 aromatic carbocycles. The van der Waals surface area contributed by atoms with E-state index in [-0.39, 0.29) is 6.10 Å². The predicted molar refractivity (Wildman–Crippen MR) is 63.0 cm³/mol. The summed E-state index contributed by atoms with van der Waals surface area (Å²) in [6.45, 7) is 0.791. The first kappa shape index (κ1) is 11.0. The fraction of sp³-hybridized carbons (Fsp3) is 0.692. The van der Waals surface area contributed by atoms with Crippen molar-refractivity contribution in [1.82, 2.24) is 9.78 Å². The van der Waals surface area contributed by atoms with Gasteiger partial charge in [-0.05, 0) is 25.7 Å².